The summed E-state index contributed by atoms with van der Waals surface area (Å²) in [5.41, 5.74) is 0.837. The van der Waals surface area contributed by atoms with Gasteiger partial charge in [-0.2, -0.15) is 5.10 Å². The number of rotatable bonds is 3. The molecule has 24 heavy (non-hydrogen) atoms. The molecule has 7 heteroatoms. The van der Waals surface area contributed by atoms with Crippen molar-refractivity contribution >= 4 is 34.0 Å². The maximum atomic E-state index is 12.7. The van der Waals surface area contributed by atoms with Gasteiger partial charge in [0.2, 0.25) is 0 Å². The summed E-state index contributed by atoms with van der Waals surface area (Å²) >= 11 is 1.52. The number of carbonyl (C=O) groups is 1. The van der Waals surface area contributed by atoms with Gasteiger partial charge in [-0.3, -0.25) is 9.48 Å². The fraction of sp³-hybridized carbons (Fsp3) is 0.412. The first-order chi connectivity index (χ1) is 11.6. The molecule has 3 aromatic rings. The molecule has 1 saturated heterocycles. The molecule has 4 heterocycles. The second-order valence-corrected chi connectivity index (χ2v) is 7.17. The van der Waals surface area contributed by atoms with Gasteiger partial charge in [-0.15, -0.1) is 11.3 Å². The maximum Gasteiger partial charge on any atom is 0.177 e. The molecule has 0 aliphatic carbocycles. The first-order valence-electron chi connectivity index (χ1n) is 8.12. The molecule has 0 spiro atoms. The Kier molecular flexibility index (Phi) is 3.80. The van der Waals surface area contributed by atoms with Crippen LogP contribution in [-0.4, -0.2) is 38.6 Å². The number of anilines is 1. The van der Waals surface area contributed by atoms with Crippen LogP contribution in [0.15, 0.2) is 23.7 Å². The van der Waals surface area contributed by atoms with E-state index in [2.05, 4.69) is 20.0 Å². The third kappa shape index (κ3) is 2.58. The van der Waals surface area contributed by atoms with E-state index in [1.165, 1.54) is 11.3 Å². The normalized spacial score (nSPS) is 18.2. The minimum atomic E-state index is 0.0272. The van der Waals surface area contributed by atoms with E-state index < -0.39 is 0 Å². The van der Waals surface area contributed by atoms with Gasteiger partial charge in [0.05, 0.1) is 16.5 Å². The van der Waals surface area contributed by atoms with E-state index in [4.69, 9.17) is 0 Å². The fourth-order valence-electron chi connectivity index (χ4n) is 3.36. The van der Waals surface area contributed by atoms with E-state index >= 15 is 0 Å². The number of aryl methyl sites for hydroxylation is 2. The Balaban J connectivity index is 1.66. The van der Waals surface area contributed by atoms with Crippen molar-refractivity contribution in [1.82, 2.24) is 19.7 Å². The Labute approximate surface area is 144 Å². The molecule has 4 rings (SSSR count). The third-order valence-corrected chi connectivity index (χ3v) is 5.42. The van der Waals surface area contributed by atoms with Crippen molar-refractivity contribution in [2.75, 3.05) is 18.0 Å². The van der Waals surface area contributed by atoms with E-state index in [9.17, 15) is 4.79 Å². The number of ketones is 1. The minimum absolute atomic E-state index is 0.0272. The average Bonchev–Trinajstić information content (AvgIpc) is 3.24. The van der Waals surface area contributed by atoms with Gasteiger partial charge in [0.25, 0.3) is 0 Å². The molecule has 1 aliphatic heterocycles. The molecule has 1 aliphatic rings. The molecule has 1 unspecified atom stereocenters. The lowest BCUT2D eigenvalue weighted by Gasteiger charge is -2.33. The van der Waals surface area contributed by atoms with E-state index in [-0.39, 0.29) is 11.7 Å². The Hall–Kier alpha value is -2.28. The average molecular weight is 341 g/mol. The van der Waals surface area contributed by atoms with Crippen LogP contribution in [0, 0.1) is 12.8 Å². The van der Waals surface area contributed by atoms with Crippen LogP contribution >= 0.6 is 11.3 Å². The van der Waals surface area contributed by atoms with Crippen LogP contribution in [-0.2, 0) is 7.05 Å². The second kappa shape index (κ2) is 5.98. The third-order valence-electron chi connectivity index (χ3n) is 4.54. The van der Waals surface area contributed by atoms with Gasteiger partial charge < -0.3 is 4.90 Å². The largest absolute Gasteiger partial charge is 0.355 e. The summed E-state index contributed by atoms with van der Waals surface area (Å²) in [7, 11) is 1.89. The summed E-state index contributed by atoms with van der Waals surface area (Å²) in [5.74, 6) is 1.91. The van der Waals surface area contributed by atoms with Crippen molar-refractivity contribution in [3.05, 3.63) is 34.4 Å². The van der Waals surface area contributed by atoms with Crippen LogP contribution < -0.4 is 4.90 Å². The number of Topliss-reactive ketones (excluding diaryl/α,β-unsaturated/α-hetero) is 1. The number of nitrogens with zero attached hydrogens (tertiary/aromatic N) is 5. The molecule has 0 radical (unpaired) electrons. The van der Waals surface area contributed by atoms with Crippen LogP contribution in [0.1, 0.15) is 28.3 Å². The molecule has 1 fully saturated rings. The van der Waals surface area contributed by atoms with Crippen molar-refractivity contribution in [3.8, 4) is 0 Å². The first kappa shape index (κ1) is 15.3. The number of piperidine rings is 1. The number of thiophene rings is 1. The van der Waals surface area contributed by atoms with E-state index in [1.807, 2.05) is 37.7 Å². The summed E-state index contributed by atoms with van der Waals surface area (Å²) in [6.45, 7) is 3.51. The number of carbonyl (C=O) groups excluding carboxylic acids is 1. The zero-order valence-electron chi connectivity index (χ0n) is 13.8. The van der Waals surface area contributed by atoms with Crippen LogP contribution in [0.2, 0.25) is 0 Å². The van der Waals surface area contributed by atoms with Crippen LogP contribution in [0.25, 0.3) is 11.0 Å². The molecular formula is C17H19N5OS. The maximum absolute atomic E-state index is 12.7. The highest BCUT2D eigenvalue weighted by Gasteiger charge is 2.29. The predicted octanol–water partition coefficient (Wildman–Crippen LogP) is 2.83. The number of hydrogen-bond acceptors (Lipinski definition) is 6. The highest BCUT2D eigenvalue weighted by molar-refractivity contribution is 7.12. The second-order valence-electron chi connectivity index (χ2n) is 6.23. The van der Waals surface area contributed by atoms with Gasteiger partial charge >= 0.3 is 0 Å². The van der Waals surface area contributed by atoms with Crippen molar-refractivity contribution in [3.63, 3.8) is 0 Å². The highest BCUT2D eigenvalue weighted by atomic mass is 32.1. The molecule has 6 nitrogen and oxygen atoms in total. The molecule has 0 saturated carbocycles. The quantitative estimate of drug-likeness (QED) is 0.686. The summed E-state index contributed by atoms with van der Waals surface area (Å²) in [6, 6.07) is 3.85. The SMILES string of the molecule is Cc1nc(N2CCCC(C(=O)c3cccs3)C2)c2cnn(C)c2n1. The van der Waals surface area contributed by atoms with E-state index in [1.54, 1.807) is 4.68 Å². The number of fused-ring (bicyclic) bond motifs is 1. The van der Waals surface area contributed by atoms with Gasteiger partial charge in [-0.25, -0.2) is 9.97 Å². The van der Waals surface area contributed by atoms with Gasteiger partial charge in [-0.05, 0) is 31.2 Å². The molecular weight excluding hydrogens is 322 g/mol. The Morgan fingerprint density at radius 2 is 2.25 bits per heavy atom. The van der Waals surface area contributed by atoms with Crippen LogP contribution in [0.3, 0.4) is 0 Å². The van der Waals surface area contributed by atoms with Crippen molar-refractivity contribution in [2.45, 2.75) is 19.8 Å². The van der Waals surface area contributed by atoms with Gasteiger partial charge in [0.1, 0.15) is 11.6 Å². The number of aromatic nitrogens is 4. The van der Waals surface area contributed by atoms with Crippen LogP contribution in [0.4, 0.5) is 5.82 Å². The van der Waals surface area contributed by atoms with Crippen molar-refractivity contribution in [2.24, 2.45) is 13.0 Å². The Morgan fingerprint density at radius 1 is 1.38 bits per heavy atom. The monoisotopic (exact) mass is 341 g/mol. The molecule has 1 atom stereocenters. The van der Waals surface area contributed by atoms with E-state index in [0.29, 0.717) is 6.54 Å². The molecule has 124 valence electrons. The lowest BCUT2D eigenvalue weighted by molar-refractivity contribution is 0.0911. The molecule has 0 bridgehead atoms. The van der Waals surface area contributed by atoms with E-state index in [0.717, 1.165) is 46.9 Å². The summed E-state index contributed by atoms with van der Waals surface area (Å²) in [4.78, 5) is 24.9. The first-order valence-corrected chi connectivity index (χ1v) is 9.00. The molecule has 0 aromatic carbocycles. The highest BCUT2D eigenvalue weighted by Crippen LogP contribution is 2.29. The smallest absolute Gasteiger partial charge is 0.177 e. The zero-order valence-corrected chi connectivity index (χ0v) is 14.6. The summed E-state index contributed by atoms with van der Waals surface area (Å²) in [6.07, 6.45) is 3.74. The van der Waals surface area contributed by atoms with Gasteiger partial charge in [-0.1, -0.05) is 6.07 Å². The lowest BCUT2D eigenvalue weighted by atomic mass is 9.93. The standard InChI is InChI=1S/C17H19N5OS/c1-11-19-16-13(9-18-21(16)2)17(20-11)22-7-3-5-12(10-22)15(23)14-6-4-8-24-14/h4,6,8-9,12H,3,5,7,10H2,1-2H3. The van der Waals surface area contributed by atoms with Crippen LogP contribution in [0.5, 0.6) is 0 Å². The zero-order chi connectivity index (χ0) is 16.7. The molecule has 0 N–H and O–H groups in total. The van der Waals surface area contributed by atoms with Gasteiger partial charge in [0.15, 0.2) is 11.4 Å². The molecule has 3 aromatic heterocycles. The summed E-state index contributed by atoms with van der Waals surface area (Å²) in [5, 5.41) is 7.22. The van der Waals surface area contributed by atoms with Crippen molar-refractivity contribution < 1.29 is 4.79 Å². The summed E-state index contributed by atoms with van der Waals surface area (Å²) < 4.78 is 1.77. The van der Waals surface area contributed by atoms with Crippen molar-refractivity contribution in [1.29, 1.82) is 0 Å². The Morgan fingerprint density at radius 3 is 3.04 bits per heavy atom. The fourth-order valence-corrected chi connectivity index (χ4v) is 4.10. The predicted molar refractivity (Wildman–Crippen MR) is 94.6 cm³/mol. The Bertz CT molecular complexity index is 886. The lowest BCUT2D eigenvalue weighted by Crippen LogP contribution is -2.39. The minimum Gasteiger partial charge on any atom is -0.355 e. The topological polar surface area (TPSA) is 63.9 Å². The number of hydrogen-bond donors (Lipinski definition) is 0. The van der Waals surface area contributed by atoms with Gasteiger partial charge in [0, 0.05) is 26.1 Å². The molecule has 0 amide bonds.